The Bertz CT molecular complexity index is 702. The highest BCUT2D eigenvalue weighted by Gasteiger charge is 2.32. The summed E-state index contributed by atoms with van der Waals surface area (Å²) >= 11 is 0. The molecular formula is C18H21N3O4. The summed E-state index contributed by atoms with van der Waals surface area (Å²) in [5.74, 6) is -1.62. The smallest absolute Gasteiger partial charge is 0.306 e. The van der Waals surface area contributed by atoms with Crippen LogP contribution in [-0.4, -0.2) is 39.7 Å². The number of aliphatic carboxylic acids is 1. The molecule has 3 rings (SSSR count). The number of nitrogens with one attached hydrogen (secondary N) is 1. The van der Waals surface area contributed by atoms with Crippen LogP contribution in [0.5, 0.6) is 0 Å². The second-order valence-electron chi connectivity index (χ2n) is 6.50. The second-order valence-corrected chi connectivity index (χ2v) is 6.50. The van der Waals surface area contributed by atoms with Crippen LogP contribution >= 0.6 is 0 Å². The minimum absolute atomic E-state index is 0.104. The molecule has 1 aliphatic heterocycles. The van der Waals surface area contributed by atoms with Gasteiger partial charge in [-0.25, -0.2) is 5.01 Å². The fourth-order valence-corrected chi connectivity index (χ4v) is 3.25. The highest BCUT2D eigenvalue weighted by atomic mass is 16.4. The van der Waals surface area contributed by atoms with Crippen molar-refractivity contribution in [3.05, 3.63) is 35.9 Å². The summed E-state index contributed by atoms with van der Waals surface area (Å²) < 4.78 is 0. The summed E-state index contributed by atoms with van der Waals surface area (Å²) in [4.78, 5) is 35.5. The molecule has 25 heavy (non-hydrogen) atoms. The van der Waals surface area contributed by atoms with E-state index in [0.717, 1.165) is 5.56 Å². The molecule has 7 heteroatoms. The number of hydrogen-bond donors (Lipinski definition) is 2. The molecule has 0 unspecified atom stereocenters. The number of nitrogens with zero attached hydrogens (tertiary/aromatic N) is 2. The lowest BCUT2D eigenvalue weighted by molar-refractivity contribution is -0.141. The molecule has 1 fully saturated rings. The Balaban J connectivity index is 1.62. The monoisotopic (exact) mass is 343 g/mol. The molecule has 1 aromatic rings. The molecule has 7 nitrogen and oxygen atoms in total. The van der Waals surface area contributed by atoms with E-state index in [0.29, 0.717) is 37.9 Å². The predicted molar refractivity (Wildman–Crippen MR) is 90.6 cm³/mol. The average Bonchev–Trinajstić information content (AvgIpc) is 3.06. The number of hydrogen-bond acceptors (Lipinski definition) is 4. The van der Waals surface area contributed by atoms with Gasteiger partial charge in [0.05, 0.1) is 12.5 Å². The first-order chi connectivity index (χ1) is 12.0. The quantitative estimate of drug-likeness (QED) is 0.847. The van der Waals surface area contributed by atoms with Gasteiger partial charge in [0, 0.05) is 18.9 Å². The first-order valence-corrected chi connectivity index (χ1v) is 8.48. The third-order valence-corrected chi connectivity index (χ3v) is 4.66. The lowest BCUT2D eigenvalue weighted by Crippen LogP contribution is -2.42. The second kappa shape index (κ2) is 7.46. The van der Waals surface area contributed by atoms with E-state index in [4.69, 9.17) is 5.11 Å². The maximum absolute atomic E-state index is 12.4. The van der Waals surface area contributed by atoms with Crippen LogP contribution in [0.2, 0.25) is 0 Å². The van der Waals surface area contributed by atoms with Crippen LogP contribution in [0.4, 0.5) is 0 Å². The highest BCUT2D eigenvalue weighted by Crippen LogP contribution is 2.25. The van der Waals surface area contributed by atoms with Gasteiger partial charge in [0.2, 0.25) is 5.91 Å². The van der Waals surface area contributed by atoms with Crippen molar-refractivity contribution < 1.29 is 19.5 Å². The van der Waals surface area contributed by atoms with E-state index >= 15 is 0 Å². The lowest BCUT2D eigenvalue weighted by Gasteiger charge is -2.24. The van der Waals surface area contributed by atoms with Crippen molar-refractivity contribution in [2.24, 2.45) is 11.0 Å². The number of benzene rings is 1. The van der Waals surface area contributed by atoms with E-state index in [9.17, 15) is 14.4 Å². The molecule has 1 aromatic carbocycles. The Morgan fingerprint density at radius 1 is 1.20 bits per heavy atom. The molecule has 132 valence electrons. The van der Waals surface area contributed by atoms with Gasteiger partial charge in [-0.2, -0.15) is 5.10 Å². The zero-order chi connectivity index (χ0) is 17.8. The SMILES string of the molecule is O=C(N[C@H]1CC[C@@H](C(=O)O)C1)C1=NN(Cc2ccccc2)C(=O)CC1. The van der Waals surface area contributed by atoms with Crippen molar-refractivity contribution in [3.8, 4) is 0 Å². The number of hydrazone groups is 1. The van der Waals surface area contributed by atoms with Gasteiger partial charge in [0.15, 0.2) is 0 Å². The van der Waals surface area contributed by atoms with Crippen molar-refractivity contribution in [1.82, 2.24) is 10.3 Å². The van der Waals surface area contributed by atoms with E-state index in [1.807, 2.05) is 30.3 Å². The first kappa shape index (κ1) is 17.1. The summed E-state index contributed by atoms with van der Waals surface area (Å²) in [7, 11) is 0. The fourth-order valence-electron chi connectivity index (χ4n) is 3.25. The Hall–Kier alpha value is -2.70. The molecular weight excluding hydrogens is 322 g/mol. The molecule has 1 saturated carbocycles. The lowest BCUT2D eigenvalue weighted by atomic mass is 10.1. The van der Waals surface area contributed by atoms with Crippen LogP contribution in [0.25, 0.3) is 0 Å². The van der Waals surface area contributed by atoms with Crippen LogP contribution in [0.3, 0.4) is 0 Å². The summed E-state index contributed by atoms with van der Waals surface area (Å²) in [5.41, 5.74) is 1.27. The average molecular weight is 343 g/mol. The molecule has 0 spiro atoms. The topological polar surface area (TPSA) is 99.1 Å². The minimum Gasteiger partial charge on any atom is -0.481 e. The molecule has 0 bridgehead atoms. The Kier molecular flexibility index (Phi) is 5.11. The highest BCUT2D eigenvalue weighted by molar-refractivity contribution is 6.39. The predicted octanol–water partition coefficient (Wildman–Crippen LogP) is 1.53. The molecule has 2 atom stereocenters. The zero-order valence-corrected chi connectivity index (χ0v) is 13.9. The van der Waals surface area contributed by atoms with E-state index in [2.05, 4.69) is 10.4 Å². The Morgan fingerprint density at radius 3 is 2.64 bits per heavy atom. The van der Waals surface area contributed by atoms with Gasteiger partial charge >= 0.3 is 5.97 Å². The van der Waals surface area contributed by atoms with E-state index in [1.165, 1.54) is 5.01 Å². The van der Waals surface area contributed by atoms with Gasteiger partial charge in [0.25, 0.3) is 5.91 Å². The summed E-state index contributed by atoms with van der Waals surface area (Å²) in [6, 6.07) is 9.34. The first-order valence-electron chi connectivity index (χ1n) is 8.48. The normalized spacial score (nSPS) is 23.3. The van der Waals surface area contributed by atoms with Gasteiger partial charge < -0.3 is 10.4 Å². The molecule has 0 aromatic heterocycles. The maximum atomic E-state index is 12.4. The van der Waals surface area contributed by atoms with Crippen molar-refractivity contribution in [2.75, 3.05) is 0 Å². The number of carboxylic acid groups (broad SMARTS) is 1. The molecule has 2 amide bonds. The van der Waals surface area contributed by atoms with Gasteiger partial charge in [0.1, 0.15) is 5.71 Å². The van der Waals surface area contributed by atoms with Gasteiger partial charge in [-0.15, -0.1) is 0 Å². The maximum Gasteiger partial charge on any atom is 0.306 e. The van der Waals surface area contributed by atoms with Crippen molar-refractivity contribution in [1.29, 1.82) is 0 Å². The standard InChI is InChI=1S/C18H21N3O4/c22-16-9-8-15(20-21(16)11-12-4-2-1-3-5-12)17(23)19-14-7-6-13(10-14)18(24)25/h1-5,13-14H,6-11H2,(H,19,23)(H,24,25)/t13-,14+/m1/s1. The van der Waals surface area contributed by atoms with Gasteiger partial charge in [-0.1, -0.05) is 30.3 Å². The van der Waals surface area contributed by atoms with E-state index in [1.54, 1.807) is 0 Å². The molecule has 2 N–H and O–H groups in total. The molecule has 1 aliphatic carbocycles. The van der Waals surface area contributed by atoms with Crippen LogP contribution in [0.1, 0.15) is 37.7 Å². The number of carbonyl (C=O) groups excluding carboxylic acids is 2. The van der Waals surface area contributed by atoms with Crippen LogP contribution in [-0.2, 0) is 20.9 Å². The van der Waals surface area contributed by atoms with Crippen molar-refractivity contribution in [2.45, 2.75) is 44.7 Å². The van der Waals surface area contributed by atoms with Crippen LogP contribution in [0, 0.1) is 5.92 Å². The molecule has 2 aliphatic rings. The fraction of sp³-hybridized carbons (Fsp3) is 0.444. The Labute approximate surface area is 145 Å². The minimum atomic E-state index is -0.814. The largest absolute Gasteiger partial charge is 0.481 e. The third-order valence-electron chi connectivity index (χ3n) is 4.66. The van der Waals surface area contributed by atoms with Gasteiger partial charge in [-0.3, -0.25) is 14.4 Å². The number of rotatable bonds is 5. The number of amides is 2. The Morgan fingerprint density at radius 2 is 1.96 bits per heavy atom. The van der Waals surface area contributed by atoms with Crippen LogP contribution < -0.4 is 5.32 Å². The van der Waals surface area contributed by atoms with Crippen molar-refractivity contribution in [3.63, 3.8) is 0 Å². The third kappa shape index (κ3) is 4.23. The van der Waals surface area contributed by atoms with E-state index in [-0.39, 0.29) is 24.3 Å². The number of carbonyl (C=O) groups is 3. The molecule has 1 heterocycles. The molecule has 0 saturated heterocycles. The van der Waals surface area contributed by atoms with Gasteiger partial charge in [-0.05, 0) is 24.8 Å². The molecule has 0 radical (unpaired) electrons. The summed E-state index contributed by atoms with van der Waals surface area (Å²) in [5, 5.41) is 17.5. The van der Waals surface area contributed by atoms with Crippen LogP contribution in [0.15, 0.2) is 35.4 Å². The summed E-state index contributed by atoms with van der Waals surface area (Å²) in [6.07, 6.45) is 2.24. The van der Waals surface area contributed by atoms with Crippen molar-refractivity contribution >= 4 is 23.5 Å². The summed E-state index contributed by atoms with van der Waals surface area (Å²) in [6.45, 7) is 0.334. The zero-order valence-electron chi connectivity index (χ0n) is 13.9. The van der Waals surface area contributed by atoms with E-state index < -0.39 is 11.9 Å². The number of carboxylic acids is 1.